The zero-order valence-corrected chi connectivity index (χ0v) is 18.8. The van der Waals surface area contributed by atoms with Crippen LogP contribution in [0.4, 0.5) is 0 Å². The molecule has 1 fully saturated rings. The Labute approximate surface area is 194 Å². The average molecular weight is 438 g/mol. The van der Waals surface area contributed by atoms with Crippen LogP contribution in [0.3, 0.4) is 0 Å². The SMILES string of the molecule is Cc1ccccc1CC1(C#N)CCNCC1C(=O)Cc1cnc(Cc2ccc(C#N)cc2)[nH]1. The molecule has 0 aliphatic carbocycles. The van der Waals surface area contributed by atoms with E-state index >= 15 is 0 Å². The van der Waals surface area contributed by atoms with Gasteiger partial charge in [-0.1, -0.05) is 36.4 Å². The van der Waals surface area contributed by atoms with Crippen LogP contribution in [0, 0.1) is 40.9 Å². The van der Waals surface area contributed by atoms with Crippen LogP contribution in [0.1, 0.15) is 40.2 Å². The van der Waals surface area contributed by atoms with Crippen molar-refractivity contribution in [3.63, 3.8) is 0 Å². The van der Waals surface area contributed by atoms with Crippen LogP contribution < -0.4 is 5.32 Å². The number of H-pyrrole nitrogens is 1. The van der Waals surface area contributed by atoms with E-state index in [1.807, 2.05) is 24.3 Å². The lowest BCUT2D eigenvalue weighted by molar-refractivity contribution is -0.126. The van der Waals surface area contributed by atoms with Crippen molar-refractivity contribution < 1.29 is 4.79 Å². The molecule has 0 radical (unpaired) electrons. The second-order valence-corrected chi connectivity index (χ2v) is 8.86. The van der Waals surface area contributed by atoms with Crippen LogP contribution in [0.5, 0.6) is 0 Å². The van der Waals surface area contributed by atoms with Gasteiger partial charge in [0.05, 0.1) is 23.1 Å². The van der Waals surface area contributed by atoms with Crippen molar-refractivity contribution in [1.29, 1.82) is 10.5 Å². The molecule has 2 atom stereocenters. The fourth-order valence-electron chi connectivity index (χ4n) is 4.67. The summed E-state index contributed by atoms with van der Waals surface area (Å²) >= 11 is 0. The molecule has 1 aliphatic heterocycles. The molecule has 2 N–H and O–H groups in total. The van der Waals surface area contributed by atoms with Crippen molar-refractivity contribution in [2.45, 2.75) is 32.6 Å². The number of nitrogens with one attached hydrogen (secondary N) is 2. The Morgan fingerprint density at radius 1 is 1.18 bits per heavy atom. The van der Waals surface area contributed by atoms with Gasteiger partial charge in [-0.15, -0.1) is 0 Å². The van der Waals surface area contributed by atoms with Gasteiger partial charge in [-0.25, -0.2) is 4.98 Å². The molecule has 1 saturated heterocycles. The predicted octanol–water partition coefficient (Wildman–Crippen LogP) is 3.65. The standard InChI is InChI=1S/C27H27N5O/c1-19-4-2-3-5-22(19)14-27(18-29)10-11-30-17-24(27)25(33)13-23-16-31-26(32-23)12-20-6-8-21(15-28)9-7-20/h2-9,16,24,30H,10-14,17H2,1H3,(H,31,32). The lowest BCUT2D eigenvalue weighted by Crippen LogP contribution is -2.49. The number of hydrogen-bond donors (Lipinski definition) is 2. The molecular formula is C27H27N5O. The third kappa shape index (κ3) is 5.03. The first kappa shape index (κ1) is 22.5. The minimum absolute atomic E-state index is 0.0610. The van der Waals surface area contributed by atoms with Gasteiger partial charge >= 0.3 is 0 Å². The van der Waals surface area contributed by atoms with E-state index in [1.54, 1.807) is 18.3 Å². The van der Waals surface area contributed by atoms with Crippen molar-refractivity contribution in [2.75, 3.05) is 13.1 Å². The normalized spacial score (nSPS) is 20.0. The van der Waals surface area contributed by atoms with Gasteiger partial charge in [0.15, 0.2) is 0 Å². The zero-order chi connectivity index (χ0) is 23.3. The molecule has 0 spiro atoms. The molecular weight excluding hydrogens is 410 g/mol. The topological polar surface area (TPSA) is 105 Å². The maximum atomic E-state index is 13.4. The highest BCUT2D eigenvalue weighted by Crippen LogP contribution is 2.38. The number of hydrogen-bond acceptors (Lipinski definition) is 5. The fraction of sp³-hybridized carbons (Fsp3) is 0.333. The first-order valence-electron chi connectivity index (χ1n) is 11.2. The van der Waals surface area contributed by atoms with Crippen LogP contribution in [0.15, 0.2) is 54.7 Å². The van der Waals surface area contributed by atoms with Crippen LogP contribution in [-0.4, -0.2) is 28.8 Å². The molecule has 0 amide bonds. The fourth-order valence-corrected chi connectivity index (χ4v) is 4.67. The number of aromatic amines is 1. The Morgan fingerprint density at radius 2 is 1.97 bits per heavy atom. The van der Waals surface area contributed by atoms with E-state index in [0.29, 0.717) is 31.4 Å². The number of carbonyl (C=O) groups excluding carboxylic acids is 1. The summed E-state index contributed by atoms with van der Waals surface area (Å²) in [4.78, 5) is 21.1. The zero-order valence-electron chi connectivity index (χ0n) is 18.8. The molecule has 6 nitrogen and oxygen atoms in total. The van der Waals surface area contributed by atoms with Crippen molar-refractivity contribution in [2.24, 2.45) is 11.3 Å². The number of nitriles is 2. The van der Waals surface area contributed by atoms with Crippen LogP contribution >= 0.6 is 0 Å². The van der Waals surface area contributed by atoms with Gasteiger partial charge in [-0.05, 0) is 55.1 Å². The van der Waals surface area contributed by atoms with Crippen LogP contribution in [0.25, 0.3) is 0 Å². The molecule has 3 aromatic rings. The van der Waals surface area contributed by atoms with Crippen LogP contribution in [-0.2, 0) is 24.1 Å². The number of aromatic nitrogens is 2. The minimum atomic E-state index is -0.709. The summed E-state index contributed by atoms with van der Waals surface area (Å²) < 4.78 is 0. The summed E-state index contributed by atoms with van der Waals surface area (Å²) in [5.74, 6) is 0.461. The molecule has 1 aromatic heterocycles. The summed E-state index contributed by atoms with van der Waals surface area (Å²) in [6.07, 6.45) is 3.77. The quantitative estimate of drug-likeness (QED) is 0.587. The van der Waals surface area contributed by atoms with Crippen molar-refractivity contribution in [3.05, 3.63) is 88.5 Å². The summed E-state index contributed by atoms with van der Waals surface area (Å²) in [7, 11) is 0. The van der Waals surface area contributed by atoms with Crippen LogP contribution in [0.2, 0.25) is 0 Å². The van der Waals surface area contributed by atoms with Gasteiger partial charge in [0.1, 0.15) is 11.6 Å². The molecule has 166 valence electrons. The first-order valence-corrected chi connectivity index (χ1v) is 11.2. The van der Waals surface area contributed by atoms with E-state index in [9.17, 15) is 10.1 Å². The van der Waals surface area contributed by atoms with Gasteiger partial charge < -0.3 is 10.3 Å². The minimum Gasteiger partial charge on any atom is -0.345 e. The number of piperidine rings is 1. The number of benzene rings is 2. The second-order valence-electron chi connectivity index (χ2n) is 8.86. The molecule has 1 aliphatic rings. The highest BCUT2D eigenvalue weighted by molar-refractivity contribution is 5.84. The summed E-state index contributed by atoms with van der Waals surface area (Å²) in [6, 6.07) is 20.2. The molecule has 0 bridgehead atoms. The van der Waals surface area contributed by atoms with Gasteiger partial charge in [0.2, 0.25) is 0 Å². The number of Topliss-reactive ketones (excluding diaryl/α,β-unsaturated/α-hetero) is 1. The first-order chi connectivity index (χ1) is 16.0. The number of ketones is 1. The summed E-state index contributed by atoms with van der Waals surface area (Å²) in [6.45, 7) is 3.31. The Morgan fingerprint density at radius 3 is 2.70 bits per heavy atom. The van der Waals surface area contributed by atoms with E-state index in [1.165, 1.54) is 0 Å². The predicted molar refractivity (Wildman–Crippen MR) is 125 cm³/mol. The number of carbonyl (C=O) groups is 1. The number of rotatable bonds is 7. The molecule has 2 heterocycles. The van der Waals surface area contributed by atoms with Gasteiger partial charge in [0.25, 0.3) is 0 Å². The highest BCUT2D eigenvalue weighted by atomic mass is 16.1. The van der Waals surface area contributed by atoms with Gasteiger partial charge in [0, 0.05) is 37.2 Å². The molecule has 0 saturated carbocycles. The third-order valence-electron chi connectivity index (χ3n) is 6.64. The maximum absolute atomic E-state index is 13.4. The second kappa shape index (κ2) is 9.81. The van der Waals surface area contributed by atoms with E-state index in [4.69, 9.17) is 5.26 Å². The molecule has 6 heteroatoms. The Balaban J connectivity index is 1.48. The lowest BCUT2D eigenvalue weighted by atomic mass is 9.66. The molecule has 33 heavy (non-hydrogen) atoms. The number of imidazole rings is 1. The summed E-state index contributed by atoms with van der Waals surface area (Å²) in [5.41, 5.74) is 4.00. The third-order valence-corrected chi connectivity index (χ3v) is 6.64. The van der Waals surface area contributed by atoms with E-state index in [0.717, 1.165) is 34.8 Å². The Bertz CT molecular complexity index is 1210. The average Bonchev–Trinajstić information content (AvgIpc) is 3.27. The number of aryl methyl sites for hydroxylation is 1. The van der Waals surface area contributed by atoms with Crippen molar-refractivity contribution >= 4 is 5.78 Å². The van der Waals surface area contributed by atoms with E-state index in [2.05, 4.69) is 46.5 Å². The van der Waals surface area contributed by atoms with E-state index in [-0.39, 0.29) is 18.1 Å². The van der Waals surface area contributed by atoms with Gasteiger partial charge in [-0.3, -0.25) is 4.79 Å². The van der Waals surface area contributed by atoms with E-state index < -0.39 is 5.41 Å². The largest absolute Gasteiger partial charge is 0.345 e. The van der Waals surface area contributed by atoms with Crippen molar-refractivity contribution in [1.82, 2.24) is 15.3 Å². The monoisotopic (exact) mass is 437 g/mol. The summed E-state index contributed by atoms with van der Waals surface area (Å²) in [5, 5.41) is 22.5. The highest BCUT2D eigenvalue weighted by Gasteiger charge is 2.45. The molecule has 2 unspecified atom stereocenters. The Kier molecular flexibility index (Phi) is 6.68. The smallest absolute Gasteiger partial charge is 0.144 e. The molecule has 4 rings (SSSR count). The maximum Gasteiger partial charge on any atom is 0.144 e. The van der Waals surface area contributed by atoms with Gasteiger partial charge in [-0.2, -0.15) is 10.5 Å². The Hall–Kier alpha value is -3.74. The lowest BCUT2D eigenvalue weighted by Gasteiger charge is -2.39. The molecule has 2 aromatic carbocycles. The number of nitrogens with zero attached hydrogens (tertiary/aromatic N) is 3. The van der Waals surface area contributed by atoms with Crippen molar-refractivity contribution in [3.8, 4) is 12.1 Å².